The summed E-state index contributed by atoms with van der Waals surface area (Å²) in [7, 11) is 3.59. The van der Waals surface area contributed by atoms with Gasteiger partial charge in [0.25, 0.3) is 0 Å². The van der Waals surface area contributed by atoms with E-state index in [1.54, 1.807) is 37.2 Å². The number of amides is 1. The second-order valence-electron chi connectivity index (χ2n) is 10.3. The maximum Gasteiger partial charge on any atom is 0.226 e. The minimum Gasteiger partial charge on any atom is -0.334 e. The number of carbonyl (C=O) groups is 2. The van der Waals surface area contributed by atoms with Crippen LogP contribution in [-0.4, -0.2) is 48.3 Å². The highest BCUT2D eigenvalue weighted by Gasteiger charge is 2.39. The molecule has 0 radical (unpaired) electrons. The van der Waals surface area contributed by atoms with Gasteiger partial charge in [0.05, 0.1) is 23.5 Å². The smallest absolute Gasteiger partial charge is 0.226 e. The lowest BCUT2D eigenvalue weighted by molar-refractivity contribution is -0.141. The number of likely N-dealkylation sites (tertiary alicyclic amines) is 1. The fourth-order valence-corrected chi connectivity index (χ4v) is 5.76. The zero-order valence-electron chi connectivity index (χ0n) is 21.8. The van der Waals surface area contributed by atoms with Gasteiger partial charge in [-0.15, -0.1) is 0 Å². The van der Waals surface area contributed by atoms with Gasteiger partial charge in [-0.3, -0.25) is 9.59 Å². The van der Waals surface area contributed by atoms with Gasteiger partial charge < -0.3 is 15.1 Å². The second kappa shape index (κ2) is 12.0. The van der Waals surface area contributed by atoms with Gasteiger partial charge in [0.1, 0.15) is 17.4 Å². The molecule has 1 saturated heterocycles. The molecule has 7 heteroatoms. The molecule has 1 saturated carbocycles. The number of hydrogen-bond acceptors (Lipinski definition) is 5. The molecule has 1 aliphatic heterocycles. The highest BCUT2D eigenvalue weighted by atomic mass is 19.1. The molecule has 6 nitrogen and oxygen atoms in total. The third kappa shape index (κ3) is 5.77. The van der Waals surface area contributed by atoms with E-state index in [1.807, 2.05) is 30.0 Å². The SMILES string of the molecule is CN[C@@H](C)C(=O)C[C@H](C(=O)N1CCC[C@H]1c1cccc(N(C)c2ccccc2F)n1)C1CCCCC1. The third-order valence-corrected chi connectivity index (χ3v) is 8.06. The summed E-state index contributed by atoms with van der Waals surface area (Å²) in [6.07, 6.45) is 7.51. The van der Waals surface area contributed by atoms with Crippen LogP contribution in [0.5, 0.6) is 0 Å². The van der Waals surface area contributed by atoms with Gasteiger partial charge in [0.15, 0.2) is 0 Å². The van der Waals surface area contributed by atoms with E-state index >= 15 is 0 Å². The molecule has 2 fully saturated rings. The molecule has 2 aromatic rings. The molecule has 1 aromatic carbocycles. The van der Waals surface area contributed by atoms with Crippen LogP contribution in [0.15, 0.2) is 42.5 Å². The lowest BCUT2D eigenvalue weighted by Gasteiger charge is -2.35. The first-order valence-electron chi connectivity index (χ1n) is 13.4. The number of Topliss-reactive ketones (excluding diaryl/α,β-unsaturated/α-hetero) is 1. The van der Waals surface area contributed by atoms with Crippen molar-refractivity contribution in [3.8, 4) is 0 Å². The Morgan fingerprint density at radius 2 is 1.83 bits per heavy atom. The van der Waals surface area contributed by atoms with E-state index in [2.05, 4.69) is 5.32 Å². The molecule has 1 aromatic heterocycles. The molecule has 4 rings (SSSR count). The summed E-state index contributed by atoms with van der Waals surface area (Å²) in [6, 6.07) is 12.0. The highest BCUT2D eigenvalue weighted by Crippen LogP contribution is 2.38. The molecule has 1 aliphatic carbocycles. The molecular weight excluding hydrogens is 455 g/mol. The van der Waals surface area contributed by atoms with Crippen LogP contribution in [0.4, 0.5) is 15.9 Å². The number of carbonyl (C=O) groups excluding carboxylic acids is 2. The van der Waals surface area contributed by atoms with Crippen molar-refractivity contribution in [3.63, 3.8) is 0 Å². The van der Waals surface area contributed by atoms with Gasteiger partial charge in [-0.1, -0.05) is 37.5 Å². The summed E-state index contributed by atoms with van der Waals surface area (Å²) in [5.41, 5.74) is 1.27. The number of ketones is 1. The van der Waals surface area contributed by atoms with Crippen LogP contribution in [0.25, 0.3) is 0 Å². The summed E-state index contributed by atoms with van der Waals surface area (Å²) in [6.45, 7) is 2.54. The lowest BCUT2D eigenvalue weighted by Crippen LogP contribution is -2.42. The van der Waals surface area contributed by atoms with E-state index in [0.29, 0.717) is 18.1 Å². The van der Waals surface area contributed by atoms with Crippen molar-refractivity contribution >= 4 is 23.2 Å². The van der Waals surface area contributed by atoms with Crippen LogP contribution in [0.3, 0.4) is 0 Å². The molecule has 194 valence electrons. The van der Waals surface area contributed by atoms with E-state index in [4.69, 9.17) is 4.98 Å². The Morgan fingerprint density at radius 1 is 1.08 bits per heavy atom. The Bertz CT molecular complexity index is 1060. The van der Waals surface area contributed by atoms with Gasteiger partial charge in [-0.05, 0) is 69.8 Å². The number of hydrogen-bond donors (Lipinski definition) is 1. The van der Waals surface area contributed by atoms with Crippen LogP contribution in [0.1, 0.15) is 70.0 Å². The summed E-state index contributed by atoms with van der Waals surface area (Å²) in [4.78, 5) is 35.5. The number of nitrogens with one attached hydrogen (secondary N) is 1. The maximum absolute atomic E-state index is 14.4. The van der Waals surface area contributed by atoms with Gasteiger partial charge in [0, 0.05) is 25.9 Å². The molecule has 0 bridgehead atoms. The average Bonchev–Trinajstić information content (AvgIpc) is 3.41. The molecule has 36 heavy (non-hydrogen) atoms. The van der Waals surface area contributed by atoms with Crippen molar-refractivity contribution in [3.05, 3.63) is 54.0 Å². The molecule has 2 heterocycles. The summed E-state index contributed by atoms with van der Waals surface area (Å²) in [5.74, 6) is 0.504. The monoisotopic (exact) mass is 494 g/mol. The van der Waals surface area contributed by atoms with Gasteiger partial charge in [-0.2, -0.15) is 0 Å². The van der Waals surface area contributed by atoms with Crippen LogP contribution < -0.4 is 10.2 Å². The number of benzene rings is 1. The highest BCUT2D eigenvalue weighted by molar-refractivity contribution is 5.90. The van der Waals surface area contributed by atoms with E-state index < -0.39 is 0 Å². The molecule has 1 N–H and O–H groups in total. The zero-order chi connectivity index (χ0) is 25.7. The third-order valence-electron chi connectivity index (χ3n) is 8.06. The Balaban J connectivity index is 1.57. The fraction of sp³-hybridized carbons (Fsp3) is 0.552. The standard InChI is InChI=1S/C29H39FN4O2/c1-20(31-2)27(35)19-22(21-11-5-4-6-12-21)29(36)34-18-10-16-26(34)24-14-9-17-28(32-24)33(3)25-15-8-7-13-23(25)30/h7-9,13-15,17,20-22,26,31H,4-6,10-12,16,18-19H2,1-3H3/t20-,22-,26-/m0/s1. The fourth-order valence-electron chi connectivity index (χ4n) is 5.76. The Hall–Kier alpha value is -2.80. The summed E-state index contributed by atoms with van der Waals surface area (Å²) >= 11 is 0. The van der Waals surface area contributed by atoms with Crippen LogP contribution in [0.2, 0.25) is 0 Å². The van der Waals surface area contributed by atoms with Crippen molar-refractivity contribution in [2.75, 3.05) is 25.5 Å². The summed E-state index contributed by atoms with van der Waals surface area (Å²) in [5, 5.41) is 3.03. The number of pyridine rings is 1. The molecule has 2 aliphatic rings. The number of likely N-dealkylation sites (N-methyl/N-ethyl adjacent to an activating group) is 1. The predicted molar refractivity (Wildman–Crippen MR) is 141 cm³/mol. The van der Waals surface area contributed by atoms with Gasteiger partial charge in [-0.25, -0.2) is 9.37 Å². The largest absolute Gasteiger partial charge is 0.334 e. The van der Waals surface area contributed by atoms with Gasteiger partial charge in [0.2, 0.25) is 5.91 Å². The van der Waals surface area contributed by atoms with Crippen LogP contribution in [0, 0.1) is 17.7 Å². The second-order valence-corrected chi connectivity index (χ2v) is 10.3. The maximum atomic E-state index is 14.4. The zero-order valence-corrected chi connectivity index (χ0v) is 21.8. The Morgan fingerprint density at radius 3 is 2.56 bits per heavy atom. The van der Waals surface area contributed by atoms with Gasteiger partial charge >= 0.3 is 0 Å². The number of para-hydroxylation sites is 1. The first-order chi connectivity index (χ1) is 17.4. The van der Waals surface area contributed by atoms with Crippen LogP contribution >= 0.6 is 0 Å². The number of rotatable bonds is 9. The first kappa shape index (κ1) is 26.3. The van der Waals surface area contributed by atoms with Crippen molar-refractivity contribution in [2.45, 2.75) is 70.4 Å². The van der Waals surface area contributed by atoms with Crippen molar-refractivity contribution < 1.29 is 14.0 Å². The summed E-state index contributed by atoms with van der Waals surface area (Å²) < 4.78 is 14.4. The predicted octanol–water partition coefficient (Wildman–Crippen LogP) is 5.42. The van der Waals surface area contributed by atoms with Crippen molar-refractivity contribution in [2.24, 2.45) is 11.8 Å². The molecule has 3 atom stereocenters. The first-order valence-corrected chi connectivity index (χ1v) is 13.4. The number of aromatic nitrogens is 1. The Kier molecular flexibility index (Phi) is 8.72. The molecule has 1 amide bonds. The topological polar surface area (TPSA) is 65.5 Å². The number of nitrogens with zero attached hydrogens (tertiary/aromatic N) is 3. The molecule has 0 unspecified atom stereocenters. The quantitative estimate of drug-likeness (QED) is 0.505. The van der Waals surface area contributed by atoms with E-state index in [-0.39, 0.29) is 47.8 Å². The molecular formula is C29H39FN4O2. The lowest BCUT2D eigenvalue weighted by atomic mass is 9.76. The number of halogens is 1. The van der Waals surface area contributed by atoms with E-state index in [0.717, 1.165) is 44.2 Å². The van der Waals surface area contributed by atoms with Crippen molar-refractivity contribution in [1.82, 2.24) is 15.2 Å². The van der Waals surface area contributed by atoms with Crippen LogP contribution in [-0.2, 0) is 9.59 Å². The normalized spacial score (nSPS) is 20.2. The molecule has 0 spiro atoms. The average molecular weight is 495 g/mol. The minimum absolute atomic E-state index is 0.0933. The number of anilines is 2. The van der Waals surface area contributed by atoms with Crippen molar-refractivity contribution in [1.29, 1.82) is 0 Å². The minimum atomic E-state index is -0.305. The van der Waals surface area contributed by atoms with E-state index in [1.165, 1.54) is 12.5 Å². The van der Waals surface area contributed by atoms with E-state index in [9.17, 15) is 14.0 Å². The Labute approximate surface area is 214 Å².